The molecule has 0 aliphatic rings. The molecule has 0 fully saturated rings. The second-order valence-corrected chi connectivity index (χ2v) is 12.7. The number of quaternary nitrogens is 1. The molecular formula is C37H65NO7. The summed E-state index contributed by atoms with van der Waals surface area (Å²) < 4.78 is 17.0. The topological polar surface area (TPSA) is 102 Å². The second kappa shape index (κ2) is 29.0. The molecule has 0 aliphatic carbocycles. The van der Waals surface area contributed by atoms with Gasteiger partial charge in [0.15, 0.2) is 6.10 Å². The molecule has 0 N–H and O–H groups in total. The number of hydrogen-bond acceptors (Lipinski definition) is 7. The van der Waals surface area contributed by atoms with Gasteiger partial charge in [0.1, 0.15) is 12.6 Å². The van der Waals surface area contributed by atoms with E-state index in [-0.39, 0.29) is 42.7 Å². The summed E-state index contributed by atoms with van der Waals surface area (Å²) in [6.45, 7) is 4.43. The predicted molar refractivity (Wildman–Crippen MR) is 180 cm³/mol. The van der Waals surface area contributed by atoms with Crippen molar-refractivity contribution in [3.05, 3.63) is 36.5 Å². The zero-order valence-corrected chi connectivity index (χ0v) is 29.3. The Kier molecular flexibility index (Phi) is 27.4. The molecule has 0 radical (unpaired) electrons. The van der Waals surface area contributed by atoms with E-state index in [4.69, 9.17) is 14.2 Å². The van der Waals surface area contributed by atoms with E-state index in [1.165, 1.54) is 32.1 Å². The van der Waals surface area contributed by atoms with Crippen LogP contribution < -0.4 is 5.11 Å². The lowest BCUT2D eigenvalue weighted by atomic mass is 10.1. The summed E-state index contributed by atoms with van der Waals surface area (Å²) in [4.78, 5) is 36.4. The number of ether oxygens (including phenoxy) is 3. The quantitative estimate of drug-likeness (QED) is 0.0362. The number of carbonyl (C=O) groups excluding carboxylic acids is 3. The largest absolute Gasteiger partial charge is 0.544 e. The number of carboxylic acid groups (broad SMARTS) is 1. The Labute approximate surface area is 274 Å². The van der Waals surface area contributed by atoms with Gasteiger partial charge in [-0.15, -0.1) is 0 Å². The molecule has 0 rings (SSSR count). The van der Waals surface area contributed by atoms with Crippen molar-refractivity contribution in [3.63, 3.8) is 0 Å². The van der Waals surface area contributed by atoms with Crippen molar-refractivity contribution in [3.8, 4) is 0 Å². The fraction of sp³-hybridized carbons (Fsp3) is 0.757. The highest BCUT2D eigenvalue weighted by Gasteiger charge is 2.25. The van der Waals surface area contributed by atoms with Gasteiger partial charge < -0.3 is 28.6 Å². The zero-order chi connectivity index (χ0) is 33.6. The minimum Gasteiger partial charge on any atom is -0.544 e. The van der Waals surface area contributed by atoms with Gasteiger partial charge in [0.2, 0.25) is 0 Å². The number of hydrogen-bond donors (Lipinski definition) is 0. The number of likely N-dealkylation sites (N-methyl/N-ethyl adjacent to an activating group) is 1. The van der Waals surface area contributed by atoms with Crippen molar-refractivity contribution in [1.29, 1.82) is 0 Å². The summed E-state index contributed by atoms with van der Waals surface area (Å²) in [5.74, 6) is -1.80. The summed E-state index contributed by atoms with van der Waals surface area (Å²) in [5, 5.41) is 11.5. The van der Waals surface area contributed by atoms with Crippen LogP contribution in [0.4, 0.5) is 0 Å². The number of aliphatic carboxylic acids is 1. The van der Waals surface area contributed by atoms with Gasteiger partial charge in [-0.25, -0.2) is 0 Å². The van der Waals surface area contributed by atoms with Gasteiger partial charge in [-0.05, 0) is 64.2 Å². The van der Waals surface area contributed by atoms with Gasteiger partial charge in [-0.2, -0.15) is 0 Å². The first-order valence-electron chi connectivity index (χ1n) is 17.5. The van der Waals surface area contributed by atoms with E-state index in [2.05, 4.69) is 50.3 Å². The highest BCUT2D eigenvalue weighted by molar-refractivity contribution is 5.70. The monoisotopic (exact) mass is 635 g/mol. The van der Waals surface area contributed by atoms with Crippen molar-refractivity contribution >= 4 is 17.9 Å². The van der Waals surface area contributed by atoms with Crippen LogP contribution >= 0.6 is 0 Å². The van der Waals surface area contributed by atoms with E-state index < -0.39 is 18.1 Å². The van der Waals surface area contributed by atoms with Crippen molar-refractivity contribution < 1.29 is 38.2 Å². The van der Waals surface area contributed by atoms with Gasteiger partial charge in [0, 0.05) is 19.3 Å². The lowest BCUT2D eigenvalue weighted by Crippen LogP contribution is -2.55. The van der Waals surface area contributed by atoms with Crippen LogP contribution in [0.1, 0.15) is 129 Å². The third kappa shape index (κ3) is 27.6. The molecule has 0 spiro atoms. The van der Waals surface area contributed by atoms with Gasteiger partial charge in [0.25, 0.3) is 0 Å². The van der Waals surface area contributed by atoms with E-state index in [1.54, 1.807) is 21.1 Å². The Morgan fingerprint density at radius 1 is 0.689 bits per heavy atom. The predicted octanol–water partition coefficient (Wildman–Crippen LogP) is 7.01. The minimum absolute atomic E-state index is 0.0269. The minimum atomic E-state index is -1.13. The number of unbranched alkanes of at least 4 members (excludes halogenated alkanes) is 10. The number of rotatable bonds is 30. The van der Waals surface area contributed by atoms with Crippen molar-refractivity contribution in [2.75, 3.05) is 41.0 Å². The van der Waals surface area contributed by atoms with E-state index in [1.807, 2.05) is 0 Å². The van der Waals surface area contributed by atoms with E-state index in [0.717, 1.165) is 64.2 Å². The normalized spacial score (nSPS) is 13.5. The number of nitrogens with zero attached hydrogens (tertiary/aromatic N) is 1. The standard InChI is InChI=1S/C37H65NO7/c1-6-8-10-12-14-16-17-18-20-22-24-26-28-36(40)45-33(31-43-30-29-34(37(41)42)38(3,4)5)32-44-35(39)27-25-23-21-19-15-13-11-9-7-2/h9,11,14-16,19,33-34H,6-8,10,12-13,17-18,20-32H2,1-5H3/b11-9+,16-14+,19-15+. The molecule has 0 saturated carbocycles. The first-order chi connectivity index (χ1) is 21.6. The van der Waals surface area contributed by atoms with Gasteiger partial charge >= 0.3 is 11.9 Å². The SMILES string of the molecule is CC/C=C/C/C=C/CCCCC(=O)OCC(COCCC(C(=O)[O-])[N+](C)(C)C)OC(=O)CCCCCCC/C=C/CCCCC. The van der Waals surface area contributed by atoms with Crippen molar-refractivity contribution in [1.82, 2.24) is 0 Å². The summed E-state index contributed by atoms with van der Waals surface area (Å²) in [6.07, 6.45) is 29.0. The van der Waals surface area contributed by atoms with E-state index >= 15 is 0 Å². The van der Waals surface area contributed by atoms with Crippen molar-refractivity contribution in [2.24, 2.45) is 0 Å². The number of allylic oxidation sites excluding steroid dienone is 6. The van der Waals surface area contributed by atoms with Gasteiger partial charge in [-0.1, -0.05) is 82.4 Å². The number of carboxylic acids is 1. The Bertz CT molecular complexity index is 844. The average Bonchev–Trinajstić information content (AvgIpc) is 2.98. The van der Waals surface area contributed by atoms with Crippen LogP contribution in [0.2, 0.25) is 0 Å². The Balaban J connectivity index is 4.52. The van der Waals surface area contributed by atoms with Crippen LogP contribution in [0.5, 0.6) is 0 Å². The van der Waals surface area contributed by atoms with Gasteiger partial charge in [0.05, 0.1) is 40.3 Å². The van der Waals surface area contributed by atoms with E-state index in [0.29, 0.717) is 12.8 Å². The molecule has 0 saturated heterocycles. The van der Waals surface area contributed by atoms with Crippen LogP contribution in [0.15, 0.2) is 36.5 Å². The smallest absolute Gasteiger partial charge is 0.306 e. The highest BCUT2D eigenvalue weighted by atomic mass is 16.6. The number of esters is 2. The van der Waals surface area contributed by atoms with E-state index in [9.17, 15) is 19.5 Å². The van der Waals surface area contributed by atoms with Crippen LogP contribution in [-0.4, -0.2) is 75.5 Å². The molecule has 2 unspecified atom stereocenters. The lowest BCUT2D eigenvalue weighted by molar-refractivity contribution is -0.889. The van der Waals surface area contributed by atoms with Gasteiger partial charge in [-0.3, -0.25) is 9.59 Å². The molecule has 0 aromatic rings. The second-order valence-electron chi connectivity index (χ2n) is 12.7. The molecule has 8 heteroatoms. The maximum Gasteiger partial charge on any atom is 0.306 e. The molecule has 0 heterocycles. The summed E-state index contributed by atoms with van der Waals surface area (Å²) in [6, 6.07) is -0.728. The Morgan fingerprint density at radius 3 is 1.89 bits per heavy atom. The molecule has 0 aromatic carbocycles. The first-order valence-corrected chi connectivity index (χ1v) is 17.5. The molecule has 0 bridgehead atoms. The average molecular weight is 636 g/mol. The molecular weight excluding hydrogens is 570 g/mol. The van der Waals surface area contributed by atoms with Crippen LogP contribution in [0.25, 0.3) is 0 Å². The molecule has 0 aromatic heterocycles. The van der Waals surface area contributed by atoms with Crippen LogP contribution in [-0.2, 0) is 28.6 Å². The Hall–Kier alpha value is -2.45. The van der Waals surface area contributed by atoms with Crippen LogP contribution in [0.3, 0.4) is 0 Å². The first kappa shape index (κ1) is 42.6. The molecule has 260 valence electrons. The third-order valence-corrected chi connectivity index (χ3v) is 7.51. The molecule has 2 atom stereocenters. The highest BCUT2D eigenvalue weighted by Crippen LogP contribution is 2.12. The fourth-order valence-corrected chi connectivity index (χ4v) is 4.75. The summed E-state index contributed by atoms with van der Waals surface area (Å²) in [5.41, 5.74) is 0. The molecule has 0 amide bonds. The zero-order valence-electron chi connectivity index (χ0n) is 29.3. The van der Waals surface area contributed by atoms with Crippen LogP contribution in [0, 0.1) is 0 Å². The molecule has 0 aliphatic heterocycles. The Morgan fingerprint density at radius 2 is 1.24 bits per heavy atom. The maximum atomic E-state index is 12.6. The summed E-state index contributed by atoms with van der Waals surface area (Å²) in [7, 11) is 5.37. The maximum absolute atomic E-state index is 12.6. The third-order valence-electron chi connectivity index (χ3n) is 7.51. The fourth-order valence-electron chi connectivity index (χ4n) is 4.75. The molecule has 8 nitrogen and oxygen atoms in total. The van der Waals surface area contributed by atoms with Crippen molar-refractivity contribution in [2.45, 2.75) is 142 Å². The molecule has 45 heavy (non-hydrogen) atoms. The lowest BCUT2D eigenvalue weighted by Gasteiger charge is -2.34. The number of carbonyl (C=O) groups is 3. The summed E-state index contributed by atoms with van der Waals surface area (Å²) >= 11 is 0.